The van der Waals surface area contributed by atoms with Crippen LogP contribution in [0.2, 0.25) is 0 Å². The Bertz CT molecular complexity index is 2640. The van der Waals surface area contributed by atoms with Gasteiger partial charge in [-0.15, -0.1) is 41.5 Å². The fourth-order valence-corrected chi connectivity index (χ4v) is 10.2. The molecule has 3 aliphatic carbocycles. The van der Waals surface area contributed by atoms with Gasteiger partial charge in [0, 0.05) is 29.8 Å². The van der Waals surface area contributed by atoms with Crippen LogP contribution in [0.25, 0.3) is 27.9 Å². The Morgan fingerprint density at radius 1 is 0.695 bits per heavy atom. The van der Waals surface area contributed by atoms with Gasteiger partial charge in [-0.3, -0.25) is 9.67 Å². The topological polar surface area (TPSA) is 39.9 Å². The molecular formula is C54H51N3OPt. The number of fused-ring (bicyclic) bond motifs is 8. The quantitative estimate of drug-likeness (QED) is 0.156. The first kappa shape index (κ1) is 39.4. The Morgan fingerprint density at radius 2 is 1.36 bits per heavy atom. The average molecular weight is 953 g/mol. The second-order valence-corrected chi connectivity index (χ2v) is 19.0. The Morgan fingerprint density at radius 3 is 1.98 bits per heavy atom. The zero-order chi connectivity index (χ0) is 40.1. The van der Waals surface area contributed by atoms with E-state index < -0.39 is 5.41 Å². The molecule has 0 N–H and O–H groups in total. The summed E-state index contributed by atoms with van der Waals surface area (Å²) >= 11 is 0. The van der Waals surface area contributed by atoms with Crippen molar-refractivity contribution >= 4 is 0 Å². The van der Waals surface area contributed by atoms with Crippen LogP contribution in [0.4, 0.5) is 0 Å². The van der Waals surface area contributed by atoms with Crippen LogP contribution in [0.1, 0.15) is 129 Å². The number of benzene rings is 5. The summed E-state index contributed by atoms with van der Waals surface area (Å²) in [7, 11) is 0. The predicted molar refractivity (Wildman–Crippen MR) is 234 cm³/mol. The molecule has 0 unspecified atom stereocenters. The minimum atomic E-state index is -0.738. The van der Waals surface area contributed by atoms with Crippen molar-refractivity contribution in [2.24, 2.45) is 0 Å². The SMILES string of the molecule is Cc1cccc(C)c1-c1cc(Oc2[c-]c(C3(c4ccccn4)c4cc(C(C)(C)C)ccc4-c4ccc(C(C)(C)C)cc43)ccc2)[c-]c(-n2cc3c(n2)[C@@H]2CC[C@H]3C2)c1.[Pt+2]. The number of ether oxygens (including phenoxy) is 1. The molecule has 0 amide bonds. The first-order valence-corrected chi connectivity index (χ1v) is 21.0. The average Bonchev–Trinajstić information content (AvgIpc) is 3.98. The van der Waals surface area contributed by atoms with E-state index in [1.54, 1.807) is 0 Å². The number of hydrogen-bond donors (Lipinski definition) is 0. The van der Waals surface area contributed by atoms with Crippen molar-refractivity contribution in [1.82, 2.24) is 14.8 Å². The van der Waals surface area contributed by atoms with Crippen molar-refractivity contribution in [3.63, 3.8) is 0 Å². The molecule has 4 nitrogen and oxygen atoms in total. The first-order chi connectivity index (χ1) is 27.8. The van der Waals surface area contributed by atoms with Gasteiger partial charge in [-0.05, 0) is 123 Å². The van der Waals surface area contributed by atoms with Gasteiger partial charge >= 0.3 is 21.1 Å². The maximum absolute atomic E-state index is 6.95. The van der Waals surface area contributed by atoms with Crippen LogP contribution in [-0.4, -0.2) is 14.8 Å². The van der Waals surface area contributed by atoms with Crippen molar-refractivity contribution < 1.29 is 25.8 Å². The van der Waals surface area contributed by atoms with Crippen LogP contribution in [-0.2, 0) is 37.3 Å². The van der Waals surface area contributed by atoms with E-state index in [2.05, 4.69) is 165 Å². The molecule has 7 aromatic rings. The molecule has 5 heteroatoms. The fraction of sp³-hybridized carbons (Fsp3) is 0.296. The molecule has 2 aromatic heterocycles. The number of rotatable bonds is 6. The smallest absolute Gasteiger partial charge is 0.509 e. The Kier molecular flexibility index (Phi) is 9.55. The summed E-state index contributed by atoms with van der Waals surface area (Å²) in [6, 6.07) is 45.0. The van der Waals surface area contributed by atoms with Crippen molar-refractivity contribution in [3.05, 3.63) is 184 Å². The molecule has 10 rings (SSSR count). The minimum Gasteiger partial charge on any atom is -0.509 e. The van der Waals surface area contributed by atoms with E-state index in [9.17, 15) is 0 Å². The summed E-state index contributed by atoms with van der Waals surface area (Å²) in [6.07, 6.45) is 7.92. The molecule has 0 aliphatic heterocycles. The number of pyridine rings is 1. The van der Waals surface area contributed by atoms with Gasteiger partial charge in [-0.1, -0.05) is 102 Å². The summed E-state index contributed by atoms with van der Waals surface area (Å²) in [6.45, 7) is 18.1. The van der Waals surface area contributed by atoms with Crippen LogP contribution in [0, 0.1) is 26.0 Å². The second kappa shape index (κ2) is 14.3. The number of nitrogens with zero attached hydrogens (tertiary/aromatic N) is 3. The third-order valence-corrected chi connectivity index (χ3v) is 13.2. The molecule has 59 heavy (non-hydrogen) atoms. The molecule has 2 atom stereocenters. The summed E-state index contributed by atoms with van der Waals surface area (Å²) in [5.41, 5.74) is 16.9. The van der Waals surface area contributed by atoms with Gasteiger partial charge < -0.3 is 4.74 Å². The van der Waals surface area contributed by atoms with Crippen LogP contribution in [0.15, 0.2) is 116 Å². The third kappa shape index (κ3) is 6.45. The second-order valence-electron chi connectivity index (χ2n) is 19.0. The first-order valence-electron chi connectivity index (χ1n) is 21.0. The fourth-order valence-electron chi connectivity index (χ4n) is 10.2. The molecule has 1 fully saturated rings. The Labute approximate surface area is 364 Å². The maximum Gasteiger partial charge on any atom is 2.00 e. The van der Waals surface area contributed by atoms with Gasteiger partial charge in [0.1, 0.15) is 0 Å². The molecule has 5 aromatic carbocycles. The summed E-state index contributed by atoms with van der Waals surface area (Å²) in [4.78, 5) is 5.17. The molecule has 298 valence electrons. The summed E-state index contributed by atoms with van der Waals surface area (Å²) in [5, 5.41) is 5.19. The molecule has 2 heterocycles. The molecule has 0 radical (unpaired) electrons. The largest absolute Gasteiger partial charge is 2.00 e. The summed E-state index contributed by atoms with van der Waals surface area (Å²) < 4.78 is 9.00. The van der Waals surface area contributed by atoms with Crippen LogP contribution >= 0.6 is 0 Å². The van der Waals surface area contributed by atoms with Crippen LogP contribution < -0.4 is 4.74 Å². The van der Waals surface area contributed by atoms with Crippen LogP contribution in [0.5, 0.6) is 11.5 Å². The normalized spacial score (nSPS) is 17.3. The number of aryl methyl sites for hydroxylation is 2. The van der Waals surface area contributed by atoms with Crippen molar-refractivity contribution in [2.75, 3.05) is 0 Å². The number of hydrogen-bond acceptors (Lipinski definition) is 3. The van der Waals surface area contributed by atoms with Gasteiger partial charge in [0.05, 0.1) is 16.8 Å². The van der Waals surface area contributed by atoms with E-state index in [0.29, 0.717) is 23.3 Å². The van der Waals surface area contributed by atoms with Crippen molar-refractivity contribution in [1.29, 1.82) is 0 Å². The third-order valence-electron chi connectivity index (χ3n) is 13.2. The molecule has 1 saturated carbocycles. The van der Waals surface area contributed by atoms with Gasteiger partial charge in [-0.2, -0.15) is 17.2 Å². The van der Waals surface area contributed by atoms with E-state index in [4.69, 9.17) is 14.8 Å². The standard InChI is InChI=1S/C54H51N3O.Pt/c1-33-13-11-14-34(2)50(33)37-26-41(57-32-46-35-18-19-36(25-35)51(46)56-57)31-43(27-37)58-42-16-12-15-40(28-42)54(49-17-9-10-24-55-49)47-29-38(52(3,4)5)20-22-44(47)45-23-21-39(30-48(45)54)53(6,7)8;/h9-17,20-24,26-27,29-30,32,35-36H,18-19,25H2,1-8H3;/q-2;+2/t35-,36+;/m0./s1. The zero-order valence-corrected chi connectivity index (χ0v) is 37.6. The van der Waals surface area contributed by atoms with E-state index in [0.717, 1.165) is 22.5 Å². The zero-order valence-electron chi connectivity index (χ0n) is 35.3. The van der Waals surface area contributed by atoms with Gasteiger partial charge in [-0.25, -0.2) is 0 Å². The van der Waals surface area contributed by atoms with Gasteiger partial charge in [0.15, 0.2) is 0 Å². The molecule has 2 bridgehead atoms. The number of aromatic nitrogens is 3. The Hall–Kier alpha value is -5.05. The molecular weight excluding hydrogens is 902 g/mol. The minimum absolute atomic E-state index is 0. The molecule has 3 aliphatic rings. The van der Waals surface area contributed by atoms with Crippen molar-refractivity contribution in [2.45, 2.75) is 103 Å². The predicted octanol–water partition coefficient (Wildman–Crippen LogP) is 13.3. The molecule has 0 saturated heterocycles. The Balaban J connectivity index is 0.00000449. The monoisotopic (exact) mass is 952 g/mol. The summed E-state index contributed by atoms with van der Waals surface area (Å²) in [5.74, 6) is 2.46. The van der Waals surface area contributed by atoms with E-state index >= 15 is 0 Å². The van der Waals surface area contributed by atoms with E-state index in [1.807, 2.05) is 23.0 Å². The van der Waals surface area contributed by atoms with Gasteiger partial charge in [0.25, 0.3) is 0 Å². The maximum atomic E-state index is 6.95. The molecule has 0 spiro atoms. The van der Waals surface area contributed by atoms with Gasteiger partial charge in [0.2, 0.25) is 0 Å². The van der Waals surface area contributed by atoms with E-state index in [1.165, 1.54) is 80.6 Å². The van der Waals surface area contributed by atoms with Crippen molar-refractivity contribution in [3.8, 4) is 39.4 Å². The van der Waals surface area contributed by atoms with Crippen LogP contribution in [0.3, 0.4) is 0 Å². The van der Waals surface area contributed by atoms with E-state index in [-0.39, 0.29) is 31.9 Å².